The van der Waals surface area contributed by atoms with E-state index >= 15 is 0 Å². The molecule has 0 radical (unpaired) electrons. The molecule has 25 heavy (non-hydrogen) atoms. The van der Waals surface area contributed by atoms with Crippen molar-refractivity contribution in [3.8, 4) is 0 Å². The van der Waals surface area contributed by atoms with E-state index in [-0.39, 0.29) is 18.2 Å². The van der Waals surface area contributed by atoms with E-state index < -0.39 is 5.97 Å². The molecule has 8 heteroatoms. The molecule has 0 aliphatic heterocycles. The van der Waals surface area contributed by atoms with E-state index in [1.54, 1.807) is 42.2 Å². The highest BCUT2D eigenvalue weighted by atomic mass is 19.1. The van der Waals surface area contributed by atoms with E-state index in [0.717, 1.165) is 5.56 Å². The second-order valence-electron chi connectivity index (χ2n) is 5.16. The topological polar surface area (TPSA) is 81.9 Å². The lowest BCUT2D eigenvalue weighted by Crippen LogP contribution is -2.10. The minimum Gasteiger partial charge on any atom is -0.460 e. The number of anilines is 2. The maximum absolute atomic E-state index is 12.9. The molecule has 7 nitrogen and oxygen atoms in total. The summed E-state index contributed by atoms with van der Waals surface area (Å²) in [6.45, 7) is 2.49. The Bertz CT molecular complexity index is 863. The fraction of sp³-hybridized carbons (Fsp3) is 0.176. The highest BCUT2D eigenvalue weighted by Crippen LogP contribution is 2.14. The summed E-state index contributed by atoms with van der Waals surface area (Å²) in [5.41, 5.74) is 1.64. The summed E-state index contributed by atoms with van der Waals surface area (Å²) in [6.07, 6.45) is 4.90. The van der Waals surface area contributed by atoms with Crippen molar-refractivity contribution < 1.29 is 13.9 Å². The lowest BCUT2D eigenvalue weighted by atomic mass is 10.2. The molecule has 0 saturated carbocycles. The fourth-order valence-electron chi connectivity index (χ4n) is 2.16. The van der Waals surface area contributed by atoms with Crippen molar-refractivity contribution >= 4 is 17.5 Å². The molecule has 0 bridgehead atoms. The number of ether oxygens (including phenoxy) is 1. The molecule has 1 aromatic carbocycles. The molecule has 1 N–H and O–H groups in total. The first-order valence-corrected chi connectivity index (χ1v) is 7.68. The molecule has 0 fully saturated rings. The van der Waals surface area contributed by atoms with Gasteiger partial charge in [0.05, 0.1) is 25.0 Å². The van der Waals surface area contributed by atoms with Crippen LogP contribution >= 0.6 is 0 Å². The number of nitrogens with one attached hydrogen (secondary N) is 1. The van der Waals surface area contributed by atoms with Crippen molar-refractivity contribution in [3.05, 3.63) is 66.1 Å². The van der Waals surface area contributed by atoms with E-state index in [1.165, 1.54) is 18.3 Å². The largest absolute Gasteiger partial charge is 0.460 e. The zero-order valence-electron chi connectivity index (χ0n) is 13.5. The summed E-state index contributed by atoms with van der Waals surface area (Å²) in [7, 11) is 0. The Morgan fingerprint density at radius 2 is 2.08 bits per heavy atom. The van der Waals surface area contributed by atoms with Gasteiger partial charge in [-0.3, -0.25) is 4.68 Å². The lowest BCUT2D eigenvalue weighted by Gasteiger charge is -2.04. The Labute approximate surface area is 143 Å². The van der Waals surface area contributed by atoms with Crippen LogP contribution in [0.5, 0.6) is 0 Å². The van der Waals surface area contributed by atoms with Crippen LogP contribution in [0.15, 0.2) is 48.9 Å². The van der Waals surface area contributed by atoms with Gasteiger partial charge in [-0.05, 0) is 30.7 Å². The smallest absolute Gasteiger partial charge is 0.376 e. The zero-order valence-corrected chi connectivity index (χ0v) is 13.5. The van der Waals surface area contributed by atoms with Crippen LogP contribution < -0.4 is 5.32 Å². The fourth-order valence-corrected chi connectivity index (χ4v) is 2.16. The molecule has 0 unspecified atom stereocenters. The molecule has 3 rings (SSSR count). The maximum atomic E-state index is 12.9. The number of aromatic nitrogens is 4. The van der Waals surface area contributed by atoms with Crippen LogP contribution in [-0.4, -0.2) is 32.3 Å². The number of halogens is 1. The van der Waals surface area contributed by atoms with Crippen molar-refractivity contribution in [2.75, 3.05) is 11.9 Å². The van der Waals surface area contributed by atoms with Gasteiger partial charge >= 0.3 is 5.97 Å². The number of benzene rings is 1. The van der Waals surface area contributed by atoms with Crippen molar-refractivity contribution in [3.63, 3.8) is 0 Å². The number of hydrogen-bond acceptors (Lipinski definition) is 6. The predicted octanol–water partition coefficient (Wildman–Crippen LogP) is 2.78. The maximum Gasteiger partial charge on any atom is 0.376 e. The van der Waals surface area contributed by atoms with Gasteiger partial charge in [-0.15, -0.1) is 0 Å². The van der Waals surface area contributed by atoms with E-state index in [4.69, 9.17) is 4.74 Å². The summed E-state index contributed by atoms with van der Waals surface area (Å²) < 4.78 is 19.5. The standard InChI is InChI=1S/C17H16FN5O2/c1-2-25-17(24)16-19-8-7-15(22-16)21-14-9-20-23(11-14)10-12-3-5-13(18)6-4-12/h3-9,11H,2,10H2,1H3,(H,19,21,22). The molecule has 0 amide bonds. The van der Waals surface area contributed by atoms with Crippen molar-refractivity contribution in [1.29, 1.82) is 0 Å². The highest BCUT2D eigenvalue weighted by molar-refractivity contribution is 5.85. The average Bonchev–Trinajstić information content (AvgIpc) is 3.04. The summed E-state index contributed by atoms with van der Waals surface area (Å²) >= 11 is 0. The molecular formula is C17H16FN5O2. The third kappa shape index (κ3) is 4.37. The van der Waals surface area contributed by atoms with E-state index in [9.17, 15) is 9.18 Å². The lowest BCUT2D eigenvalue weighted by molar-refractivity contribution is 0.0512. The molecule has 3 aromatic rings. The van der Waals surface area contributed by atoms with Gasteiger partial charge in [0.1, 0.15) is 11.6 Å². The second kappa shape index (κ2) is 7.52. The highest BCUT2D eigenvalue weighted by Gasteiger charge is 2.11. The monoisotopic (exact) mass is 341 g/mol. The van der Waals surface area contributed by atoms with Gasteiger partial charge < -0.3 is 10.1 Å². The van der Waals surface area contributed by atoms with Crippen molar-refractivity contribution in [2.45, 2.75) is 13.5 Å². The molecular weight excluding hydrogens is 325 g/mol. The zero-order chi connectivity index (χ0) is 17.6. The predicted molar refractivity (Wildman–Crippen MR) is 89.0 cm³/mol. The number of hydrogen-bond donors (Lipinski definition) is 1. The average molecular weight is 341 g/mol. The summed E-state index contributed by atoms with van der Waals surface area (Å²) in [4.78, 5) is 19.7. The van der Waals surface area contributed by atoms with Crippen LogP contribution in [0.25, 0.3) is 0 Å². The minimum absolute atomic E-state index is 0.00875. The Hall–Kier alpha value is -3.29. The first-order valence-electron chi connectivity index (χ1n) is 7.68. The second-order valence-corrected chi connectivity index (χ2v) is 5.16. The van der Waals surface area contributed by atoms with E-state index in [2.05, 4.69) is 20.4 Å². The number of rotatable bonds is 6. The summed E-state index contributed by atoms with van der Waals surface area (Å²) in [5.74, 6) is -0.393. The van der Waals surface area contributed by atoms with Crippen LogP contribution in [0.1, 0.15) is 23.1 Å². The van der Waals surface area contributed by atoms with Crippen LogP contribution in [0, 0.1) is 5.82 Å². The number of esters is 1. The Morgan fingerprint density at radius 1 is 1.28 bits per heavy atom. The van der Waals surface area contributed by atoms with E-state index in [1.807, 2.05) is 0 Å². The van der Waals surface area contributed by atoms with Gasteiger partial charge in [0.15, 0.2) is 0 Å². The molecule has 2 aromatic heterocycles. The van der Waals surface area contributed by atoms with E-state index in [0.29, 0.717) is 18.1 Å². The molecule has 128 valence electrons. The first kappa shape index (κ1) is 16.6. The number of carbonyl (C=O) groups excluding carboxylic acids is 1. The van der Waals surface area contributed by atoms with Crippen LogP contribution in [-0.2, 0) is 11.3 Å². The quantitative estimate of drug-likeness (QED) is 0.694. The summed E-state index contributed by atoms with van der Waals surface area (Å²) in [5, 5.41) is 7.30. The SMILES string of the molecule is CCOC(=O)c1nccc(Nc2cnn(Cc3ccc(F)cc3)c2)n1. The van der Waals surface area contributed by atoms with Crippen LogP contribution in [0.3, 0.4) is 0 Å². The summed E-state index contributed by atoms with van der Waals surface area (Å²) in [6, 6.07) is 7.88. The number of carbonyl (C=O) groups is 1. The van der Waals surface area contributed by atoms with Crippen molar-refractivity contribution in [2.24, 2.45) is 0 Å². The van der Waals surface area contributed by atoms with Crippen LogP contribution in [0.2, 0.25) is 0 Å². The molecule has 0 aliphatic carbocycles. The van der Waals surface area contributed by atoms with Gasteiger partial charge in [0.2, 0.25) is 5.82 Å². The van der Waals surface area contributed by atoms with Crippen molar-refractivity contribution in [1.82, 2.24) is 19.7 Å². The molecule has 0 saturated heterocycles. The Balaban J connectivity index is 1.68. The van der Waals surface area contributed by atoms with Crippen LogP contribution in [0.4, 0.5) is 15.9 Å². The molecule has 0 atom stereocenters. The van der Waals surface area contributed by atoms with Gasteiger partial charge in [-0.1, -0.05) is 12.1 Å². The normalized spacial score (nSPS) is 10.5. The molecule has 0 spiro atoms. The first-order chi connectivity index (χ1) is 12.1. The van der Waals surface area contributed by atoms with Gasteiger partial charge in [0, 0.05) is 12.4 Å². The Morgan fingerprint density at radius 3 is 2.84 bits per heavy atom. The third-order valence-electron chi connectivity index (χ3n) is 3.28. The molecule has 2 heterocycles. The van der Waals surface area contributed by atoms with Gasteiger partial charge in [0.25, 0.3) is 0 Å². The minimum atomic E-state index is -0.571. The third-order valence-corrected chi connectivity index (χ3v) is 3.28. The Kier molecular flexibility index (Phi) is 4.98. The van der Waals surface area contributed by atoms with Gasteiger partial charge in [-0.2, -0.15) is 5.10 Å². The van der Waals surface area contributed by atoms with Gasteiger partial charge in [-0.25, -0.2) is 19.2 Å². The number of nitrogens with zero attached hydrogens (tertiary/aromatic N) is 4. The molecule has 0 aliphatic rings.